The monoisotopic (exact) mass is 420 g/mol. The highest BCUT2D eigenvalue weighted by atomic mass is 32.1. The molecule has 1 N–H and O–H groups in total. The SMILES string of the molecule is Cn1cc(C(F)(F)F)cc1-c1ccc(C=C2C(=O)Nc3ncc([N+](=O)[O-])cc32)s1. The molecule has 3 aromatic heterocycles. The standard InChI is InChI=1S/C18H11F3N4O3S/c1-24-8-9(18(19,20)21)4-14(24)15-3-2-11(29-15)6-13-12-5-10(25(27)28)7-22-16(12)23-17(13)26/h2-8H,1H3,(H,22,23,26). The number of hydrogen-bond acceptors (Lipinski definition) is 5. The van der Waals surface area contributed by atoms with Gasteiger partial charge in [-0.25, -0.2) is 4.98 Å². The van der Waals surface area contributed by atoms with Crippen molar-refractivity contribution in [1.29, 1.82) is 0 Å². The molecule has 29 heavy (non-hydrogen) atoms. The lowest BCUT2D eigenvalue weighted by atomic mass is 10.1. The highest BCUT2D eigenvalue weighted by Crippen LogP contribution is 2.38. The van der Waals surface area contributed by atoms with Crippen LogP contribution in [-0.2, 0) is 18.0 Å². The van der Waals surface area contributed by atoms with Crippen LogP contribution in [0.15, 0.2) is 36.7 Å². The Labute approximate surface area is 165 Å². The fraction of sp³-hybridized carbons (Fsp3) is 0.111. The van der Waals surface area contributed by atoms with E-state index < -0.39 is 22.6 Å². The summed E-state index contributed by atoms with van der Waals surface area (Å²) in [5, 5.41) is 13.5. The molecule has 0 aliphatic carbocycles. The predicted octanol–water partition coefficient (Wildman–Crippen LogP) is 4.57. The number of rotatable bonds is 3. The van der Waals surface area contributed by atoms with Crippen LogP contribution in [-0.4, -0.2) is 20.4 Å². The van der Waals surface area contributed by atoms with Crippen molar-refractivity contribution in [2.24, 2.45) is 7.05 Å². The molecule has 7 nitrogen and oxygen atoms in total. The van der Waals surface area contributed by atoms with Crippen molar-refractivity contribution in [3.05, 3.63) is 62.8 Å². The van der Waals surface area contributed by atoms with E-state index in [-0.39, 0.29) is 17.1 Å². The van der Waals surface area contributed by atoms with Crippen molar-refractivity contribution in [3.63, 3.8) is 0 Å². The molecule has 4 rings (SSSR count). The Morgan fingerprint density at radius 2 is 2.07 bits per heavy atom. The van der Waals surface area contributed by atoms with Crippen molar-refractivity contribution < 1.29 is 22.9 Å². The number of nitro groups is 1. The van der Waals surface area contributed by atoms with Crippen LogP contribution in [0.4, 0.5) is 24.7 Å². The molecule has 0 unspecified atom stereocenters. The van der Waals surface area contributed by atoms with E-state index in [0.29, 0.717) is 21.0 Å². The van der Waals surface area contributed by atoms with Crippen LogP contribution in [0.1, 0.15) is 16.0 Å². The van der Waals surface area contributed by atoms with Crippen LogP contribution >= 0.6 is 11.3 Å². The van der Waals surface area contributed by atoms with Crippen molar-refractivity contribution in [2.45, 2.75) is 6.18 Å². The molecular formula is C18H11F3N4O3S. The Bertz CT molecular complexity index is 1190. The third-order valence-electron chi connectivity index (χ3n) is 4.35. The van der Waals surface area contributed by atoms with Gasteiger partial charge in [0.05, 0.1) is 26.6 Å². The molecule has 148 valence electrons. The van der Waals surface area contributed by atoms with Gasteiger partial charge in [-0.2, -0.15) is 13.2 Å². The zero-order chi connectivity index (χ0) is 20.9. The summed E-state index contributed by atoms with van der Waals surface area (Å²) >= 11 is 1.20. The van der Waals surface area contributed by atoms with Gasteiger partial charge in [0.2, 0.25) is 0 Å². The summed E-state index contributed by atoms with van der Waals surface area (Å²) < 4.78 is 40.2. The Balaban J connectivity index is 1.71. The van der Waals surface area contributed by atoms with Crippen molar-refractivity contribution in [2.75, 3.05) is 5.32 Å². The average Bonchev–Trinajstić information content (AvgIpc) is 3.32. The predicted molar refractivity (Wildman–Crippen MR) is 101 cm³/mol. The normalized spacial score (nSPS) is 14.9. The van der Waals surface area contributed by atoms with Gasteiger partial charge in [-0.05, 0) is 24.3 Å². The number of amides is 1. The molecule has 0 atom stereocenters. The van der Waals surface area contributed by atoms with Crippen LogP contribution in [0.25, 0.3) is 22.2 Å². The molecule has 0 radical (unpaired) electrons. The van der Waals surface area contributed by atoms with Crippen molar-refractivity contribution >= 4 is 40.4 Å². The van der Waals surface area contributed by atoms with E-state index in [1.807, 2.05) is 0 Å². The van der Waals surface area contributed by atoms with Gasteiger partial charge in [0.15, 0.2) is 0 Å². The zero-order valence-electron chi connectivity index (χ0n) is 14.6. The molecule has 0 saturated carbocycles. The fourth-order valence-electron chi connectivity index (χ4n) is 2.97. The largest absolute Gasteiger partial charge is 0.417 e. The number of alkyl halides is 3. The molecule has 0 saturated heterocycles. The lowest BCUT2D eigenvalue weighted by Gasteiger charge is -2.00. The molecule has 1 amide bonds. The first-order valence-electron chi connectivity index (χ1n) is 8.15. The van der Waals surface area contributed by atoms with E-state index >= 15 is 0 Å². The van der Waals surface area contributed by atoms with Crippen LogP contribution in [0.3, 0.4) is 0 Å². The molecular weight excluding hydrogens is 409 g/mol. The minimum Gasteiger partial charge on any atom is -0.349 e. The second-order valence-electron chi connectivity index (χ2n) is 6.28. The lowest BCUT2D eigenvalue weighted by Crippen LogP contribution is -2.04. The Kier molecular flexibility index (Phi) is 4.26. The van der Waals surface area contributed by atoms with Crippen molar-refractivity contribution in [3.8, 4) is 10.6 Å². The van der Waals surface area contributed by atoms with Gasteiger partial charge in [0, 0.05) is 29.8 Å². The van der Waals surface area contributed by atoms with Gasteiger partial charge in [-0.1, -0.05) is 0 Å². The highest BCUT2D eigenvalue weighted by molar-refractivity contribution is 7.16. The third kappa shape index (κ3) is 3.40. The Hall–Kier alpha value is -3.47. The van der Waals surface area contributed by atoms with E-state index in [2.05, 4.69) is 10.3 Å². The lowest BCUT2D eigenvalue weighted by molar-refractivity contribution is -0.385. The molecule has 4 heterocycles. The zero-order valence-corrected chi connectivity index (χ0v) is 15.5. The minimum atomic E-state index is -4.44. The fourth-order valence-corrected chi connectivity index (χ4v) is 3.98. The van der Waals surface area contributed by atoms with Gasteiger partial charge in [0.25, 0.3) is 11.6 Å². The minimum absolute atomic E-state index is 0.201. The first kappa shape index (κ1) is 18.9. The van der Waals surface area contributed by atoms with Gasteiger partial charge >= 0.3 is 6.18 Å². The maximum atomic E-state index is 12.9. The third-order valence-corrected chi connectivity index (χ3v) is 5.40. The van der Waals surface area contributed by atoms with Gasteiger partial charge in [0.1, 0.15) is 12.0 Å². The number of pyridine rings is 1. The number of anilines is 1. The Morgan fingerprint density at radius 1 is 1.31 bits per heavy atom. The summed E-state index contributed by atoms with van der Waals surface area (Å²) in [7, 11) is 1.52. The molecule has 0 aromatic carbocycles. The van der Waals surface area contributed by atoms with Gasteiger partial charge in [-0.3, -0.25) is 14.9 Å². The number of thiophene rings is 1. The number of aromatic nitrogens is 2. The van der Waals surface area contributed by atoms with Crippen LogP contribution in [0.5, 0.6) is 0 Å². The average molecular weight is 420 g/mol. The van der Waals surface area contributed by atoms with Crippen molar-refractivity contribution in [1.82, 2.24) is 9.55 Å². The summed E-state index contributed by atoms with van der Waals surface area (Å²) in [4.78, 5) is 27.7. The van der Waals surface area contributed by atoms with E-state index in [9.17, 15) is 28.1 Å². The topological polar surface area (TPSA) is 90.1 Å². The Morgan fingerprint density at radius 3 is 2.72 bits per heavy atom. The second-order valence-corrected chi connectivity index (χ2v) is 7.40. The van der Waals surface area contributed by atoms with E-state index in [1.165, 1.54) is 35.1 Å². The quantitative estimate of drug-likeness (QED) is 0.382. The number of aryl methyl sites for hydroxylation is 1. The molecule has 0 spiro atoms. The maximum Gasteiger partial charge on any atom is 0.417 e. The maximum absolute atomic E-state index is 12.9. The summed E-state index contributed by atoms with van der Waals surface area (Å²) in [6.45, 7) is 0. The molecule has 0 fully saturated rings. The summed E-state index contributed by atoms with van der Waals surface area (Å²) in [6, 6.07) is 5.65. The number of halogens is 3. The molecule has 11 heteroatoms. The van der Waals surface area contributed by atoms with Crippen LogP contribution < -0.4 is 5.32 Å². The van der Waals surface area contributed by atoms with E-state index in [4.69, 9.17) is 0 Å². The van der Waals surface area contributed by atoms with Crippen LogP contribution in [0.2, 0.25) is 0 Å². The van der Waals surface area contributed by atoms with Gasteiger partial charge in [-0.15, -0.1) is 11.3 Å². The first-order valence-corrected chi connectivity index (χ1v) is 8.97. The molecule has 3 aromatic rings. The van der Waals surface area contributed by atoms with Gasteiger partial charge < -0.3 is 9.88 Å². The number of fused-ring (bicyclic) bond motifs is 1. The summed E-state index contributed by atoms with van der Waals surface area (Å²) in [6.07, 6.45) is -0.836. The molecule has 0 bridgehead atoms. The second kappa shape index (κ2) is 6.55. The number of carbonyl (C=O) groups excluding carboxylic acids is 1. The first-order chi connectivity index (χ1) is 13.6. The number of nitrogens with one attached hydrogen (secondary N) is 1. The van der Waals surface area contributed by atoms with E-state index in [1.54, 1.807) is 12.1 Å². The molecule has 1 aliphatic rings. The summed E-state index contributed by atoms with van der Waals surface area (Å²) in [5.41, 5.74) is -0.0994. The number of hydrogen-bond donors (Lipinski definition) is 1. The molecule has 1 aliphatic heterocycles. The number of nitrogens with zero attached hydrogens (tertiary/aromatic N) is 3. The smallest absolute Gasteiger partial charge is 0.349 e. The number of carbonyl (C=O) groups is 1. The van der Waals surface area contributed by atoms with E-state index in [0.717, 1.165) is 18.5 Å². The highest BCUT2D eigenvalue weighted by Gasteiger charge is 2.33. The summed E-state index contributed by atoms with van der Waals surface area (Å²) in [5.74, 6) is -0.234. The van der Waals surface area contributed by atoms with Crippen LogP contribution in [0, 0.1) is 10.1 Å².